The van der Waals surface area contributed by atoms with Crippen LogP contribution < -0.4 is 16.0 Å². The van der Waals surface area contributed by atoms with Gasteiger partial charge in [0.05, 0.1) is 11.4 Å². The topological polar surface area (TPSA) is 58.4 Å². The lowest BCUT2D eigenvalue weighted by Gasteiger charge is -2.20. The third-order valence-electron chi connectivity index (χ3n) is 2.71. The van der Waals surface area contributed by atoms with E-state index in [0.29, 0.717) is 24.3 Å². The number of rotatable bonds is 1. The number of nitrogens with zero attached hydrogens (tertiary/aromatic N) is 1. The second-order valence-electron chi connectivity index (χ2n) is 4.03. The number of nitrogens with two attached hydrogens (primary N) is 1. The summed E-state index contributed by atoms with van der Waals surface area (Å²) in [6.45, 7) is -1.00. The number of alkyl halides is 3. The van der Waals surface area contributed by atoms with E-state index in [4.69, 9.17) is 5.73 Å². The van der Waals surface area contributed by atoms with Crippen LogP contribution in [-0.2, 0) is 6.42 Å². The summed E-state index contributed by atoms with van der Waals surface area (Å²) in [5, 5.41) is 1.84. The summed E-state index contributed by atoms with van der Waals surface area (Å²) in [6, 6.07) is 4.41. The molecule has 1 aliphatic rings. The monoisotopic (exact) mass is 259 g/mol. The third kappa shape index (κ3) is 2.49. The number of benzene rings is 1. The second kappa shape index (κ2) is 4.40. The molecule has 0 bridgehead atoms. The number of para-hydroxylation sites is 1. The van der Waals surface area contributed by atoms with E-state index in [1.165, 1.54) is 4.90 Å². The highest BCUT2D eigenvalue weighted by atomic mass is 19.4. The minimum absolute atomic E-state index is 0.341. The maximum Gasteiger partial charge on any atom is 0.405 e. The summed E-state index contributed by atoms with van der Waals surface area (Å²) < 4.78 is 36.1. The van der Waals surface area contributed by atoms with Crippen LogP contribution in [0.15, 0.2) is 18.2 Å². The third-order valence-corrected chi connectivity index (χ3v) is 2.71. The molecule has 0 radical (unpaired) electrons. The molecule has 0 atom stereocenters. The maximum atomic E-state index is 12.0. The van der Waals surface area contributed by atoms with Gasteiger partial charge < -0.3 is 11.1 Å². The number of amides is 2. The van der Waals surface area contributed by atoms with E-state index in [2.05, 4.69) is 0 Å². The van der Waals surface area contributed by atoms with Gasteiger partial charge in [-0.05, 0) is 18.1 Å². The van der Waals surface area contributed by atoms with Crippen LogP contribution >= 0.6 is 0 Å². The van der Waals surface area contributed by atoms with E-state index in [1.54, 1.807) is 12.1 Å². The van der Waals surface area contributed by atoms with Crippen molar-refractivity contribution in [2.45, 2.75) is 12.6 Å². The number of nitrogen functional groups attached to an aromatic ring is 1. The number of carbonyl (C=O) groups is 1. The predicted octanol–water partition coefficient (Wildman–Crippen LogP) is 1.90. The summed E-state index contributed by atoms with van der Waals surface area (Å²) in [7, 11) is 0. The summed E-state index contributed by atoms with van der Waals surface area (Å²) in [4.78, 5) is 12.9. The first-order valence-corrected chi connectivity index (χ1v) is 5.38. The number of hydrogen-bond acceptors (Lipinski definition) is 2. The van der Waals surface area contributed by atoms with Gasteiger partial charge in [-0.25, -0.2) is 4.79 Å². The summed E-state index contributed by atoms with van der Waals surface area (Å²) in [5.74, 6) is 0. The van der Waals surface area contributed by atoms with Crippen molar-refractivity contribution in [3.05, 3.63) is 23.8 Å². The van der Waals surface area contributed by atoms with E-state index in [0.717, 1.165) is 5.56 Å². The Balaban J connectivity index is 2.11. The van der Waals surface area contributed by atoms with Gasteiger partial charge in [-0.3, -0.25) is 4.90 Å². The number of urea groups is 1. The van der Waals surface area contributed by atoms with Gasteiger partial charge in [0.1, 0.15) is 6.54 Å². The molecule has 1 aromatic rings. The molecule has 1 heterocycles. The van der Waals surface area contributed by atoms with Gasteiger partial charge in [0.15, 0.2) is 0 Å². The first kappa shape index (κ1) is 12.5. The largest absolute Gasteiger partial charge is 0.405 e. The molecule has 18 heavy (non-hydrogen) atoms. The number of nitrogens with one attached hydrogen (secondary N) is 1. The fourth-order valence-electron chi connectivity index (χ4n) is 1.96. The van der Waals surface area contributed by atoms with E-state index >= 15 is 0 Å². The van der Waals surface area contributed by atoms with Crippen LogP contribution in [0.25, 0.3) is 0 Å². The summed E-state index contributed by atoms with van der Waals surface area (Å²) >= 11 is 0. The lowest BCUT2D eigenvalue weighted by Crippen LogP contribution is -2.43. The van der Waals surface area contributed by atoms with Crippen molar-refractivity contribution in [1.29, 1.82) is 0 Å². The highest BCUT2D eigenvalue weighted by Gasteiger charge is 2.31. The molecule has 1 aliphatic heterocycles. The number of carbonyl (C=O) groups excluding carboxylic acids is 1. The number of anilines is 2. The molecule has 0 aromatic heterocycles. The van der Waals surface area contributed by atoms with Crippen molar-refractivity contribution in [2.75, 3.05) is 23.7 Å². The average Bonchev–Trinajstić information content (AvgIpc) is 2.70. The average molecular weight is 259 g/mol. The Morgan fingerprint density at radius 1 is 1.44 bits per heavy atom. The van der Waals surface area contributed by atoms with Crippen molar-refractivity contribution in [3.8, 4) is 0 Å². The normalized spacial score (nSPS) is 14.5. The van der Waals surface area contributed by atoms with Crippen LogP contribution in [0, 0.1) is 0 Å². The van der Waals surface area contributed by atoms with Crippen LogP contribution in [-0.4, -0.2) is 25.3 Å². The van der Waals surface area contributed by atoms with E-state index in [1.807, 2.05) is 11.4 Å². The second-order valence-corrected chi connectivity index (χ2v) is 4.03. The molecule has 2 amide bonds. The van der Waals surface area contributed by atoms with Crippen LogP contribution in [0.3, 0.4) is 0 Å². The molecule has 98 valence electrons. The Morgan fingerprint density at radius 2 is 2.17 bits per heavy atom. The van der Waals surface area contributed by atoms with Crippen LogP contribution in [0.1, 0.15) is 5.56 Å². The SMILES string of the molecule is Nc1cccc2c1N(C(=O)NCC(F)(F)F)CC2. The predicted molar refractivity (Wildman–Crippen MR) is 61.4 cm³/mol. The van der Waals surface area contributed by atoms with E-state index in [-0.39, 0.29) is 0 Å². The number of fused-ring (bicyclic) bond motifs is 1. The van der Waals surface area contributed by atoms with Crippen molar-refractivity contribution in [3.63, 3.8) is 0 Å². The van der Waals surface area contributed by atoms with E-state index in [9.17, 15) is 18.0 Å². The molecule has 0 fully saturated rings. The lowest BCUT2D eigenvalue weighted by atomic mass is 10.1. The summed E-state index contributed by atoms with van der Waals surface area (Å²) in [5.41, 5.74) is 7.52. The molecule has 0 aliphatic carbocycles. The zero-order chi connectivity index (χ0) is 13.3. The van der Waals surface area contributed by atoms with Gasteiger partial charge in [0.2, 0.25) is 0 Å². The van der Waals surface area contributed by atoms with Gasteiger partial charge in [0, 0.05) is 6.54 Å². The smallest absolute Gasteiger partial charge is 0.397 e. The fraction of sp³-hybridized carbons (Fsp3) is 0.364. The molecular formula is C11H12F3N3O. The molecule has 0 saturated carbocycles. The molecule has 2 rings (SSSR count). The fourth-order valence-corrected chi connectivity index (χ4v) is 1.96. The van der Waals surface area contributed by atoms with Crippen LogP contribution in [0.2, 0.25) is 0 Å². The molecule has 7 heteroatoms. The highest BCUT2D eigenvalue weighted by Crippen LogP contribution is 2.33. The quantitative estimate of drug-likeness (QED) is 0.757. The van der Waals surface area contributed by atoms with Crippen LogP contribution in [0.4, 0.5) is 29.3 Å². The first-order chi connectivity index (χ1) is 8.38. The highest BCUT2D eigenvalue weighted by molar-refractivity contribution is 5.97. The minimum Gasteiger partial charge on any atom is -0.397 e. The molecule has 0 unspecified atom stereocenters. The van der Waals surface area contributed by atoms with Gasteiger partial charge >= 0.3 is 12.2 Å². The van der Waals surface area contributed by atoms with Crippen molar-refractivity contribution in [2.24, 2.45) is 0 Å². The van der Waals surface area contributed by atoms with E-state index < -0.39 is 18.8 Å². The maximum absolute atomic E-state index is 12.0. The molecule has 0 spiro atoms. The van der Waals surface area contributed by atoms with Gasteiger partial charge in [-0.2, -0.15) is 13.2 Å². The van der Waals surface area contributed by atoms with Crippen LogP contribution in [0.5, 0.6) is 0 Å². The molecule has 4 nitrogen and oxygen atoms in total. The molecular weight excluding hydrogens is 247 g/mol. The first-order valence-electron chi connectivity index (χ1n) is 5.38. The molecule has 3 N–H and O–H groups in total. The Bertz CT molecular complexity index is 473. The molecule has 0 saturated heterocycles. The Labute approximate surface area is 102 Å². The summed E-state index contributed by atoms with van der Waals surface area (Å²) in [6.07, 6.45) is -3.82. The van der Waals surface area contributed by atoms with Crippen molar-refractivity contribution in [1.82, 2.24) is 5.32 Å². The number of halogens is 3. The minimum atomic E-state index is -4.42. The lowest BCUT2D eigenvalue weighted by molar-refractivity contribution is -0.122. The number of hydrogen-bond donors (Lipinski definition) is 2. The van der Waals surface area contributed by atoms with Gasteiger partial charge in [-0.1, -0.05) is 12.1 Å². The Morgan fingerprint density at radius 3 is 2.83 bits per heavy atom. The molecule has 1 aromatic carbocycles. The van der Waals surface area contributed by atoms with Crippen molar-refractivity contribution < 1.29 is 18.0 Å². The standard InChI is InChI=1S/C11H12F3N3O/c12-11(13,14)6-16-10(18)17-5-4-7-2-1-3-8(15)9(7)17/h1-3H,4-6,15H2,(H,16,18). The van der Waals surface area contributed by atoms with Gasteiger partial charge in [-0.15, -0.1) is 0 Å². The zero-order valence-electron chi connectivity index (χ0n) is 9.42. The van der Waals surface area contributed by atoms with Crippen molar-refractivity contribution >= 4 is 17.4 Å². The Kier molecular flexibility index (Phi) is 3.06. The zero-order valence-corrected chi connectivity index (χ0v) is 9.42. The van der Waals surface area contributed by atoms with Gasteiger partial charge in [0.25, 0.3) is 0 Å². The Hall–Kier alpha value is -1.92.